The van der Waals surface area contributed by atoms with Crippen LogP contribution >= 0.6 is 0 Å². The van der Waals surface area contributed by atoms with Gasteiger partial charge >= 0.3 is 0 Å². The molecule has 96 valence electrons. The van der Waals surface area contributed by atoms with Gasteiger partial charge in [0.05, 0.1) is 0 Å². The van der Waals surface area contributed by atoms with Crippen molar-refractivity contribution in [3.63, 3.8) is 0 Å². The van der Waals surface area contributed by atoms with Gasteiger partial charge in [0.1, 0.15) is 0 Å². The summed E-state index contributed by atoms with van der Waals surface area (Å²) in [4.78, 5) is 2.64. The van der Waals surface area contributed by atoms with Gasteiger partial charge in [-0.25, -0.2) is 0 Å². The first kappa shape index (κ1) is 14.0. The fourth-order valence-electron chi connectivity index (χ4n) is 3.51. The van der Waals surface area contributed by atoms with Crippen molar-refractivity contribution in [3.8, 4) is 0 Å². The van der Waals surface area contributed by atoms with Gasteiger partial charge in [0.15, 0.2) is 0 Å². The number of hydrogen-bond donors (Lipinski definition) is 1. The fraction of sp³-hybridized carbons (Fsp3) is 1.00. The molecule has 0 aliphatic heterocycles. The predicted octanol–water partition coefficient (Wildman–Crippen LogP) is 2.87. The molecule has 1 aliphatic rings. The Morgan fingerprint density at radius 3 is 2.06 bits per heavy atom. The maximum absolute atomic E-state index is 6.38. The van der Waals surface area contributed by atoms with Gasteiger partial charge in [0.2, 0.25) is 0 Å². The van der Waals surface area contributed by atoms with E-state index in [4.69, 9.17) is 5.73 Å². The Hall–Kier alpha value is -0.0800. The first-order chi connectivity index (χ1) is 7.60. The molecule has 0 bridgehead atoms. The van der Waals surface area contributed by atoms with Crippen molar-refractivity contribution < 1.29 is 0 Å². The summed E-state index contributed by atoms with van der Waals surface area (Å²) in [5.41, 5.74) is 6.38. The van der Waals surface area contributed by atoms with Gasteiger partial charge in [-0.05, 0) is 50.6 Å². The van der Waals surface area contributed by atoms with E-state index in [1.165, 1.54) is 38.8 Å². The van der Waals surface area contributed by atoms with Crippen LogP contribution in [0.1, 0.15) is 53.4 Å². The van der Waals surface area contributed by atoms with Crippen molar-refractivity contribution in [1.82, 2.24) is 4.90 Å². The fourth-order valence-corrected chi connectivity index (χ4v) is 3.51. The lowest BCUT2D eigenvalue weighted by Crippen LogP contribution is -2.55. The Labute approximate surface area is 102 Å². The van der Waals surface area contributed by atoms with E-state index in [9.17, 15) is 0 Å². The second kappa shape index (κ2) is 6.61. The second-order valence-corrected chi connectivity index (χ2v) is 5.74. The molecule has 0 amide bonds. The standard InChI is InChI=1S/C14H30N2/c1-5-7-16(8-6-2)14-12(4)9-11(3)10-13(14)15/h11-14H,5-10,15H2,1-4H3. The third kappa shape index (κ3) is 3.46. The largest absolute Gasteiger partial charge is 0.326 e. The number of nitrogens with two attached hydrogens (primary N) is 1. The van der Waals surface area contributed by atoms with E-state index in [0.29, 0.717) is 12.1 Å². The van der Waals surface area contributed by atoms with E-state index in [1.807, 2.05) is 0 Å². The van der Waals surface area contributed by atoms with Crippen LogP contribution in [0.4, 0.5) is 0 Å². The van der Waals surface area contributed by atoms with Gasteiger partial charge in [-0.3, -0.25) is 4.90 Å². The molecule has 1 fully saturated rings. The summed E-state index contributed by atoms with van der Waals surface area (Å²) >= 11 is 0. The van der Waals surface area contributed by atoms with Gasteiger partial charge in [0, 0.05) is 12.1 Å². The molecule has 0 aromatic heterocycles. The summed E-state index contributed by atoms with van der Waals surface area (Å²) in [5.74, 6) is 1.57. The first-order valence-corrected chi connectivity index (χ1v) is 7.09. The van der Waals surface area contributed by atoms with E-state index < -0.39 is 0 Å². The van der Waals surface area contributed by atoms with Gasteiger partial charge in [-0.15, -0.1) is 0 Å². The van der Waals surface area contributed by atoms with Crippen LogP contribution < -0.4 is 5.73 Å². The number of nitrogens with zero attached hydrogens (tertiary/aromatic N) is 1. The minimum atomic E-state index is 0.386. The molecule has 0 aromatic rings. The van der Waals surface area contributed by atoms with Crippen LogP contribution in [0, 0.1) is 11.8 Å². The molecule has 2 heteroatoms. The summed E-state index contributed by atoms with van der Waals surface area (Å²) in [6.07, 6.45) is 5.04. The zero-order valence-corrected chi connectivity index (χ0v) is 11.6. The molecule has 0 radical (unpaired) electrons. The van der Waals surface area contributed by atoms with Gasteiger partial charge in [0.25, 0.3) is 0 Å². The lowest BCUT2D eigenvalue weighted by atomic mass is 9.76. The van der Waals surface area contributed by atoms with Crippen LogP contribution in [-0.4, -0.2) is 30.1 Å². The summed E-state index contributed by atoms with van der Waals surface area (Å²) < 4.78 is 0. The molecule has 0 spiro atoms. The quantitative estimate of drug-likeness (QED) is 0.781. The van der Waals surface area contributed by atoms with Gasteiger partial charge in [-0.2, -0.15) is 0 Å². The van der Waals surface area contributed by atoms with Gasteiger partial charge in [-0.1, -0.05) is 27.7 Å². The molecule has 2 N–H and O–H groups in total. The monoisotopic (exact) mass is 226 g/mol. The van der Waals surface area contributed by atoms with Crippen LogP contribution in [0.25, 0.3) is 0 Å². The lowest BCUT2D eigenvalue weighted by Gasteiger charge is -2.44. The highest BCUT2D eigenvalue weighted by Gasteiger charge is 2.34. The molecular formula is C14H30N2. The maximum atomic E-state index is 6.38. The highest BCUT2D eigenvalue weighted by Crippen LogP contribution is 2.31. The molecule has 2 nitrogen and oxygen atoms in total. The number of rotatable bonds is 5. The second-order valence-electron chi connectivity index (χ2n) is 5.74. The van der Waals surface area contributed by atoms with E-state index in [2.05, 4.69) is 32.6 Å². The van der Waals surface area contributed by atoms with E-state index in [-0.39, 0.29) is 0 Å². The van der Waals surface area contributed by atoms with E-state index >= 15 is 0 Å². The average molecular weight is 226 g/mol. The zero-order chi connectivity index (χ0) is 12.1. The summed E-state index contributed by atoms with van der Waals surface area (Å²) in [6, 6.07) is 1.01. The summed E-state index contributed by atoms with van der Waals surface area (Å²) in [6.45, 7) is 11.7. The predicted molar refractivity (Wildman–Crippen MR) is 71.5 cm³/mol. The van der Waals surface area contributed by atoms with E-state index in [1.54, 1.807) is 0 Å². The van der Waals surface area contributed by atoms with Crippen molar-refractivity contribution in [2.45, 2.75) is 65.5 Å². The topological polar surface area (TPSA) is 29.3 Å². The number of hydrogen-bond acceptors (Lipinski definition) is 2. The molecule has 4 atom stereocenters. The Balaban J connectivity index is 2.65. The zero-order valence-electron chi connectivity index (χ0n) is 11.6. The SMILES string of the molecule is CCCN(CCC)C1C(C)CC(C)CC1N. The van der Waals surface area contributed by atoms with Crippen LogP contribution in [0.5, 0.6) is 0 Å². The summed E-state index contributed by atoms with van der Waals surface area (Å²) in [5, 5.41) is 0. The molecule has 1 rings (SSSR count). The minimum Gasteiger partial charge on any atom is -0.326 e. The maximum Gasteiger partial charge on any atom is 0.0272 e. The van der Waals surface area contributed by atoms with Crippen molar-refractivity contribution in [2.75, 3.05) is 13.1 Å². The molecule has 1 saturated carbocycles. The van der Waals surface area contributed by atoms with Crippen molar-refractivity contribution in [1.29, 1.82) is 0 Å². The lowest BCUT2D eigenvalue weighted by molar-refractivity contribution is 0.0751. The van der Waals surface area contributed by atoms with E-state index in [0.717, 1.165) is 11.8 Å². The average Bonchev–Trinajstić information content (AvgIpc) is 2.16. The normalized spacial score (nSPS) is 35.6. The Morgan fingerprint density at radius 1 is 1.06 bits per heavy atom. The molecule has 1 aliphatic carbocycles. The Bertz CT molecular complexity index is 175. The highest BCUT2D eigenvalue weighted by atomic mass is 15.2. The highest BCUT2D eigenvalue weighted by molar-refractivity contribution is 4.92. The third-order valence-electron chi connectivity index (χ3n) is 3.91. The van der Waals surface area contributed by atoms with Crippen LogP contribution in [0.3, 0.4) is 0 Å². The van der Waals surface area contributed by atoms with Crippen molar-refractivity contribution in [3.05, 3.63) is 0 Å². The van der Waals surface area contributed by atoms with Crippen LogP contribution in [-0.2, 0) is 0 Å². The van der Waals surface area contributed by atoms with Crippen molar-refractivity contribution >= 4 is 0 Å². The minimum absolute atomic E-state index is 0.386. The molecular weight excluding hydrogens is 196 g/mol. The Morgan fingerprint density at radius 2 is 1.62 bits per heavy atom. The molecule has 0 heterocycles. The molecule has 16 heavy (non-hydrogen) atoms. The third-order valence-corrected chi connectivity index (χ3v) is 3.91. The Kier molecular flexibility index (Phi) is 5.77. The van der Waals surface area contributed by atoms with Crippen LogP contribution in [0.15, 0.2) is 0 Å². The summed E-state index contributed by atoms with van der Waals surface area (Å²) in [7, 11) is 0. The molecule has 4 unspecified atom stereocenters. The van der Waals surface area contributed by atoms with Crippen molar-refractivity contribution in [2.24, 2.45) is 17.6 Å². The molecule has 0 saturated heterocycles. The first-order valence-electron chi connectivity index (χ1n) is 7.09. The van der Waals surface area contributed by atoms with Crippen LogP contribution in [0.2, 0.25) is 0 Å². The smallest absolute Gasteiger partial charge is 0.0272 e. The van der Waals surface area contributed by atoms with Gasteiger partial charge < -0.3 is 5.73 Å². The molecule has 0 aromatic carbocycles.